The van der Waals surface area contributed by atoms with E-state index in [2.05, 4.69) is 6.92 Å². The highest BCUT2D eigenvalue weighted by Gasteiger charge is 2.17. The maximum absolute atomic E-state index is 11.1. The number of unbranched alkanes of at least 4 members (excludes halogenated alkanes) is 2. The standard InChI is InChI=1S/C14H20O4/c1-3-5-6-7-10-8-11(18-4-2)9-12(15)13(10)14(16)17/h8-9,15H,3-7H2,1-2H3,(H,16,17). The fraction of sp³-hybridized carbons (Fsp3) is 0.500. The van der Waals surface area contributed by atoms with Crippen LogP contribution in [0.3, 0.4) is 0 Å². The van der Waals surface area contributed by atoms with Crippen molar-refractivity contribution in [3.8, 4) is 11.5 Å². The first-order valence-corrected chi connectivity index (χ1v) is 6.32. The molecule has 18 heavy (non-hydrogen) atoms. The third kappa shape index (κ3) is 3.65. The summed E-state index contributed by atoms with van der Waals surface area (Å²) in [5, 5.41) is 18.9. The van der Waals surface area contributed by atoms with Crippen LogP contribution in [0.15, 0.2) is 12.1 Å². The van der Waals surface area contributed by atoms with Crippen LogP contribution >= 0.6 is 0 Å². The molecular weight excluding hydrogens is 232 g/mol. The first-order chi connectivity index (χ1) is 8.60. The van der Waals surface area contributed by atoms with E-state index in [9.17, 15) is 9.90 Å². The number of hydrogen-bond donors (Lipinski definition) is 2. The lowest BCUT2D eigenvalue weighted by molar-refractivity contribution is 0.0692. The van der Waals surface area contributed by atoms with E-state index in [0.29, 0.717) is 24.3 Å². The number of carboxylic acid groups (broad SMARTS) is 1. The minimum Gasteiger partial charge on any atom is -0.507 e. The Kier molecular flexibility index (Phi) is 5.49. The Morgan fingerprint density at radius 2 is 2.00 bits per heavy atom. The van der Waals surface area contributed by atoms with Gasteiger partial charge in [0.25, 0.3) is 0 Å². The van der Waals surface area contributed by atoms with Crippen LogP contribution in [0, 0.1) is 0 Å². The minimum atomic E-state index is -1.10. The molecule has 100 valence electrons. The summed E-state index contributed by atoms with van der Waals surface area (Å²) in [5.41, 5.74) is 0.633. The van der Waals surface area contributed by atoms with Crippen LogP contribution in [0.2, 0.25) is 0 Å². The zero-order chi connectivity index (χ0) is 13.5. The van der Waals surface area contributed by atoms with E-state index in [1.165, 1.54) is 6.07 Å². The third-order valence-electron chi connectivity index (χ3n) is 2.75. The van der Waals surface area contributed by atoms with Gasteiger partial charge in [0, 0.05) is 6.07 Å². The lowest BCUT2D eigenvalue weighted by atomic mass is 10.00. The van der Waals surface area contributed by atoms with E-state index < -0.39 is 5.97 Å². The average molecular weight is 252 g/mol. The maximum atomic E-state index is 11.1. The van der Waals surface area contributed by atoms with E-state index >= 15 is 0 Å². The molecule has 0 saturated heterocycles. The predicted molar refractivity (Wildman–Crippen MR) is 69.5 cm³/mol. The van der Waals surface area contributed by atoms with Crippen LogP contribution < -0.4 is 4.74 Å². The SMILES string of the molecule is CCCCCc1cc(OCC)cc(O)c1C(=O)O. The molecule has 0 aliphatic carbocycles. The molecule has 0 unspecified atom stereocenters. The summed E-state index contributed by atoms with van der Waals surface area (Å²) in [5.74, 6) is -0.798. The van der Waals surface area contributed by atoms with Gasteiger partial charge in [0.1, 0.15) is 17.1 Å². The molecule has 4 nitrogen and oxygen atoms in total. The highest BCUT2D eigenvalue weighted by molar-refractivity contribution is 5.92. The molecular formula is C14H20O4. The number of aromatic carboxylic acids is 1. The fourth-order valence-electron chi connectivity index (χ4n) is 1.92. The van der Waals surface area contributed by atoms with Gasteiger partial charge in [0.2, 0.25) is 0 Å². The first-order valence-electron chi connectivity index (χ1n) is 6.32. The van der Waals surface area contributed by atoms with Gasteiger partial charge in [-0.15, -0.1) is 0 Å². The van der Waals surface area contributed by atoms with Crippen molar-refractivity contribution in [3.63, 3.8) is 0 Å². The molecule has 0 bridgehead atoms. The highest BCUT2D eigenvalue weighted by Crippen LogP contribution is 2.29. The van der Waals surface area contributed by atoms with Gasteiger partial charge in [-0.25, -0.2) is 4.79 Å². The molecule has 0 atom stereocenters. The quantitative estimate of drug-likeness (QED) is 0.731. The molecule has 0 aliphatic heterocycles. The Balaban J connectivity index is 3.03. The number of benzene rings is 1. The van der Waals surface area contributed by atoms with Crippen molar-refractivity contribution in [2.45, 2.75) is 39.5 Å². The molecule has 4 heteroatoms. The normalized spacial score (nSPS) is 10.3. The summed E-state index contributed by atoms with van der Waals surface area (Å²) < 4.78 is 5.32. The second-order valence-electron chi connectivity index (χ2n) is 4.17. The van der Waals surface area contributed by atoms with E-state index in [1.54, 1.807) is 6.07 Å². The maximum Gasteiger partial charge on any atom is 0.339 e. The van der Waals surface area contributed by atoms with Crippen molar-refractivity contribution in [1.29, 1.82) is 0 Å². The van der Waals surface area contributed by atoms with Crippen molar-refractivity contribution < 1.29 is 19.7 Å². The predicted octanol–water partition coefficient (Wildman–Crippen LogP) is 3.22. The van der Waals surface area contributed by atoms with Gasteiger partial charge in [-0.2, -0.15) is 0 Å². The molecule has 0 aromatic heterocycles. The van der Waals surface area contributed by atoms with E-state index in [4.69, 9.17) is 9.84 Å². The largest absolute Gasteiger partial charge is 0.507 e. The van der Waals surface area contributed by atoms with Crippen molar-refractivity contribution in [2.24, 2.45) is 0 Å². The fourth-order valence-corrected chi connectivity index (χ4v) is 1.92. The van der Waals surface area contributed by atoms with E-state index in [0.717, 1.165) is 19.3 Å². The van der Waals surface area contributed by atoms with Crippen LogP contribution in [-0.2, 0) is 6.42 Å². The van der Waals surface area contributed by atoms with Crippen molar-refractivity contribution in [1.82, 2.24) is 0 Å². The first kappa shape index (κ1) is 14.4. The van der Waals surface area contributed by atoms with Crippen LogP contribution in [0.25, 0.3) is 0 Å². The molecule has 0 amide bonds. The lowest BCUT2D eigenvalue weighted by Crippen LogP contribution is -2.04. The Labute approximate surface area is 107 Å². The molecule has 0 heterocycles. The number of ether oxygens (including phenoxy) is 1. The number of aromatic hydroxyl groups is 1. The smallest absolute Gasteiger partial charge is 0.339 e. The summed E-state index contributed by atoms with van der Waals surface area (Å²) in [6.45, 7) is 4.42. The van der Waals surface area contributed by atoms with Crippen LogP contribution in [0.4, 0.5) is 0 Å². The van der Waals surface area contributed by atoms with Crippen LogP contribution in [0.5, 0.6) is 11.5 Å². The molecule has 2 N–H and O–H groups in total. The summed E-state index contributed by atoms with van der Waals surface area (Å²) in [4.78, 5) is 11.1. The topological polar surface area (TPSA) is 66.8 Å². The number of carboxylic acids is 1. The van der Waals surface area contributed by atoms with Gasteiger partial charge >= 0.3 is 5.97 Å². The lowest BCUT2D eigenvalue weighted by Gasteiger charge is -2.11. The number of rotatable bonds is 7. The number of phenols is 1. The molecule has 0 saturated carbocycles. The minimum absolute atomic E-state index is 0.00504. The van der Waals surface area contributed by atoms with Crippen LogP contribution in [-0.4, -0.2) is 22.8 Å². The second-order valence-corrected chi connectivity index (χ2v) is 4.17. The summed E-state index contributed by atoms with van der Waals surface area (Å²) >= 11 is 0. The Hall–Kier alpha value is -1.71. The highest BCUT2D eigenvalue weighted by atomic mass is 16.5. The van der Waals surface area contributed by atoms with Crippen LogP contribution in [0.1, 0.15) is 49.0 Å². The summed E-state index contributed by atoms with van der Waals surface area (Å²) in [7, 11) is 0. The Morgan fingerprint density at radius 1 is 1.28 bits per heavy atom. The molecule has 0 spiro atoms. The third-order valence-corrected chi connectivity index (χ3v) is 2.75. The Bertz CT molecular complexity index is 413. The molecule has 1 aromatic carbocycles. The van der Waals surface area contributed by atoms with Gasteiger partial charge in [-0.1, -0.05) is 19.8 Å². The summed E-state index contributed by atoms with van der Waals surface area (Å²) in [6.07, 6.45) is 3.66. The average Bonchev–Trinajstić information content (AvgIpc) is 2.28. The van der Waals surface area contributed by atoms with Gasteiger partial charge in [0.05, 0.1) is 6.61 Å². The van der Waals surface area contributed by atoms with Crippen molar-refractivity contribution in [2.75, 3.05) is 6.61 Å². The number of carbonyl (C=O) groups is 1. The number of aryl methyl sites for hydroxylation is 1. The molecule has 0 radical (unpaired) electrons. The van der Waals surface area contributed by atoms with Gasteiger partial charge < -0.3 is 14.9 Å². The van der Waals surface area contributed by atoms with Crippen molar-refractivity contribution in [3.05, 3.63) is 23.3 Å². The molecule has 1 aromatic rings. The van der Waals surface area contributed by atoms with E-state index in [1.807, 2.05) is 6.92 Å². The number of hydrogen-bond acceptors (Lipinski definition) is 3. The van der Waals surface area contributed by atoms with Gasteiger partial charge in [-0.3, -0.25) is 0 Å². The molecule has 0 fully saturated rings. The zero-order valence-electron chi connectivity index (χ0n) is 10.9. The van der Waals surface area contributed by atoms with Gasteiger partial charge in [0.15, 0.2) is 0 Å². The molecule has 1 rings (SSSR count). The monoisotopic (exact) mass is 252 g/mol. The second kappa shape index (κ2) is 6.89. The Morgan fingerprint density at radius 3 is 2.56 bits per heavy atom. The van der Waals surface area contributed by atoms with Crippen molar-refractivity contribution >= 4 is 5.97 Å². The summed E-state index contributed by atoms with van der Waals surface area (Å²) in [6, 6.07) is 3.07. The molecule has 0 aliphatic rings. The zero-order valence-corrected chi connectivity index (χ0v) is 10.9. The van der Waals surface area contributed by atoms with Gasteiger partial charge in [-0.05, 0) is 31.4 Å². The van der Waals surface area contributed by atoms with E-state index in [-0.39, 0.29) is 11.3 Å².